The summed E-state index contributed by atoms with van der Waals surface area (Å²) >= 11 is 0. The van der Waals surface area contributed by atoms with Gasteiger partial charge in [-0.3, -0.25) is 9.63 Å². The Labute approximate surface area is 86.9 Å². The predicted molar refractivity (Wildman–Crippen MR) is 51.5 cm³/mol. The van der Waals surface area contributed by atoms with Crippen molar-refractivity contribution in [2.75, 3.05) is 13.7 Å². The van der Waals surface area contributed by atoms with Crippen LogP contribution < -0.4 is 15.0 Å². The molecular formula is C10H11NO4. The summed E-state index contributed by atoms with van der Waals surface area (Å²) in [7, 11) is 1.37. The maximum absolute atomic E-state index is 11.4. The molecular weight excluding hydrogens is 198 g/mol. The van der Waals surface area contributed by atoms with E-state index in [1.807, 2.05) is 12.1 Å². The Morgan fingerprint density at radius 2 is 2.20 bits per heavy atom. The third-order valence-corrected chi connectivity index (χ3v) is 2.00. The summed E-state index contributed by atoms with van der Waals surface area (Å²) in [6.07, 6.45) is -0.667. The molecule has 0 fully saturated rings. The molecule has 0 bridgehead atoms. The molecule has 5 heteroatoms. The van der Waals surface area contributed by atoms with Gasteiger partial charge in [-0.25, -0.2) is 5.48 Å². The molecule has 0 aromatic heterocycles. The zero-order chi connectivity index (χ0) is 10.7. The summed E-state index contributed by atoms with van der Waals surface area (Å²) in [5.74, 6) is 0.867. The number of hydroxylamine groups is 1. The van der Waals surface area contributed by atoms with E-state index in [2.05, 4.69) is 10.3 Å². The van der Waals surface area contributed by atoms with Crippen molar-refractivity contribution < 1.29 is 19.1 Å². The minimum Gasteiger partial charge on any atom is -0.485 e. The highest BCUT2D eigenvalue weighted by Gasteiger charge is 2.26. The lowest BCUT2D eigenvalue weighted by Crippen LogP contribution is -2.43. The number of carbonyl (C=O) groups excluding carboxylic acids is 1. The summed E-state index contributed by atoms with van der Waals surface area (Å²) in [5.41, 5.74) is 2.20. The lowest BCUT2D eigenvalue weighted by molar-refractivity contribution is -0.141. The van der Waals surface area contributed by atoms with Gasteiger partial charge in [0.15, 0.2) is 11.5 Å². The quantitative estimate of drug-likeness (QED) is 0.721. The number of hydrogen-bond acceptors (Lipinski definition) is 4. The monoisotopic (exact) mass is 209 g/mol. The summed E-state index contributed by atoms with van der Waals surface area (Å²) in [6.45, 7) is 0.187. The van der Waals surface area contributed by atoms with Gasteiger partial charge >= 0.3 is 0 Å². The van der Waals surface area contributed by atoms with E-state index < -0.39 is 6.10 Å². The minimum atomic E-state index is -0.667. The van der Waals surface area contributed by atoms with Crippen molar-refractivity contribution in [3.63, 3.8) is 0 Å². The van der Waals surface area contributed by atoms with Gasteiger partial charge in [0.25, 0.3) is 5.91 Å². The third-order valence-electron chi connectivity index (χ3n) is 2.00. The minimum absolute atomic E-state index is 0.187. The van der Waals surface area contributed by atoms with Crippen LogP contribution in [0, 0.1) is 0 Å². The normalized spacial score (nSPS) is 18.3. The molecule has 1 atom stereocenters. The van der Waals surface area contributed by atoms with Crippen LogP contribution in [-0.2, 0) is 9.63 Å². The van der Waals surface area contributed by atoms with Gasteiger partial charge in [0.1, 0.15) is 6.61 Å². The number of fused-ring (bicyclic) bond motifs is 1. The molecule has 1 N–H and O–H groups in total. The van der Waals surface area contributed by atoms with Gasteiger partial charge in [0.2, 0.25) is 6.10 Å². The summed E-state index contributed by atoms with van der Waals surface area (Å²) < 4.78 is 10.8. The number of amides is 1. The highest BCUT2D eigenvalue weighted by Crippen LogP contribution is 2.30. The SMILES string of the molecule is CONC(=O)C1COc2ccccc2O1. The second-order valence-electron chi connectivity index (χ2n) is 3.03. The molecule has 0 saturated carbocycles. The Bertz CT molecular complexity index is 366. The van der Waals surface area contributed by atoms with Gasteiger partial charge in [-0.1, -0.05) is 12.1 Å². The van der Waals surface area contributed by atoms with Crippen molar-refractivity contribution in [3.05, 3.63) is 24.3 Å². The Kier molecular flexibility index (Phi) is 2.73. The first kappa shape index (κ1) is 9.79. The van der Waals surface area contributed by atoms with Crippen LogP contribution >= 0.6 is 0 Å². The van der Waals surface area contributed by atoms with E-state index in [1.165, 1.54) is 7.11 Å². The molecule has 1 aliphatic rings. The standard InChI is InChI=1S/C10H11NO4/c1-13-11-10(12)9-6-14-7-4-2-3-5-8(7)15-9/h2-5,9H,6H2,1H3,(H,11,12). The van der Waals surface area contributed by atoms with E-state index in [1.54, 1.807) is 12.1 Å². The number of nitrogens with one attached hydrogen (secondary N) is 1. The number of hydrogen-bond donors (Lipinski definition) is 1. The average molecular weight is 209 g/mol. The van der Waals surface area contributed by atoms with Crippen LogP contribution in [0.4, 0.5) is 0 Å². The zero-order valence-corrected chi connectivity index (χ0v) is 8.23. The average Bonchev–Trinajstić information content (AvgIpc) is 2.29. The molecule has 0 radical (unpaired) electrons. The highest BCUT2D eigenvalue weighted by molar-refractivity contribution is 5.80. The van der Waals surface area contributed by atoms with Gasteiger partial charge in [0.05, 0.1) is 7.11 Å². The first-order chi connectivity index (χ1) is 7.31. The van der Waals surface area contributed by atoms with Crippen LogP contribution in [0.5, 0.6) is 11.5 Å². The van der Waals surface area contributed by atoms with Crippen LogP contribution in [0.2, 0.25) is 0 Å². The largest absolute Gasteiger partial charge is 0.485 e. The lowest BCUT2D eigenvalue weighted by atomic mass is 10.2. The molecule has 0 saturated heterocycles. The fourth-order valence-corrected chi connectivity index (χ4v) is 1.32. The van der Waals surface area contributed by atoms with E-state index in [0.717, 1.165) is 0 Å². The van der Waals surface area contributed by atoms with Gasteiger partial charge < -0.3 is 9.47 Å². The second-order valence-corrected chi connectivity index (χ2v) is 3.03. The van der Waals surface area contributed by atoms with Crippen molar-refractivity contribution in [1.82, 2.24) is 5.48 Å². The van der Waals surface area contributed by atoms with Crippen LogP contribution in [-0.4, -0.2) is 25.7 Å². The topological polar surface area (TPSA) is 56.8 Å². The summed E-state index contributed by atoms with van der Waals surface area (Å²) in [6, 6.07) is 7.21. The van der Waals surface area contributed by atoms with Gasteiger partial charge in [-0.2, -0.15) is 0 Å². The van der Waals surface area contributed by atoms with Crippen molar-refractivity contribution in [2.45, 2.75) is 6.10 Å². The molecule has 1 aromatic carbocycles. The predicted octanol–water partition coefficient (Wildman–Crippen LogP) is 0.504. The fraction of sp³-hybridized carbons (Fsp3) is 0.300. The maximum Gasteiger partial charge on any atom is 0.288 e. The Morgan fingerprint density at radius 1 is 1.47 bits per heavy atom. The summed E-state index contributed by atoms with van der Waals surface area (Å²) in [4.78, 5) is 15.9. The van der Waals surface area contributed by atoms with E-state index in [0.29, 0.717) is 11.5 Å². The molecule has 1 amide bonds. The Morgan fingerprint density at radius 3 is 2.93 bits per heavy atom. The van der Waals surface area contributed by atoms with Crippen molar-refractivity contribution in [2.24, 2.45) is 0 Å². The molecule has 0 spiro atoms. The molecule has 0 aliphatic carbocycles. The third kappa shape index (κ3) is 2.02. The van der Waals surface area contributed by atoms with E-state index in [4.69, 9.17) is 9.47 Å². The van der Waals surface area contributed by atoms with Crippen LogP contribution in [0.25, 0.3) is 0 Å². The molecule has 1 aromatic rings. The van der Waals surface area contributed by atoms with Crippen LogP contribution in [0.1, 0.15) is 0 Å². The molecule has 80 valence electrons. The van der Waals surface area contributed by atoms with Crippen LogP contribution in [0.3, 0.4) is 0 Å². The second kappa shape index (κ2) is 4.18. The van der Waals surface area contributed by atoms with Gasteiger partial charge in [0, 0.05) is 0 Å². The van der Waals surface area contributed by atoms with Crippen molar-refractivity contribution >= 4 is 5.91 Å². The van der Waals surface area contributed by atoms with Gasteiger partial charge in [-0.15, -0.1) is 0 Å². The smallest absolute Gasteiger partial charge is 0.288 e. The van der Waals surface area contributed by atoms with E-state index in [9.17, 15) is 4.79 Å². The molecule has 1 heterocycles. The number of benzene rings is 1. The van der Waals surface area contributed by atoms with E-state index >= 15 is 0 Å². The molecule has 2 rings (SSSR count). The first-order valence-electron chi connectivity index (χ1n) is 4.52. The number of ether oxygens (including phenoxy) is 2. The Hall–Kier alpha value is -1.75. The lowest BCUT2D eigenvalue weighted by Gasteiger charge is -2.24. The number of carbonyl (C=O) groups is 1. The van der Waals surface area contributed by atoms with Crippen LogP contribution in [0.15, 0.2) is 24.3 Å². The fourth-order valence-electron chi connectivity index (χ4n) is 1.32. The first-order valence-corrected chi connectivity index (χ1v) is 4.52. The molecule has 5 nitrogen and oxygen atoms in total. The number of rotatable bonds is 2. The highest BCUT2D eigenvalue weighted by atomic mass is 16.6. The molecule has 1 unspecified atom stereocenters. The van der Waals surface area contributed by atoms with Crippen molar-refractivity contribution in [3.8, 4) is 11.5 Å². The summed E-state index contributed by atoms with van der Waals surface area (Å²) in [5, 5.41) is 0. The Balaban J connectivity index is 2.08. The van der Waals surface area contributed by atoms with Crippen molar-refractivity contribution in [1.29, 1.82) is 0 Å². The zero-order valence-electron chi connectivity index (χ0n) is 8.23. The number of para-hydroxylation sites is 2. The molecule has 1 aliphatic heterocycles. The maximum atomic E-state index is 11.4. The molecule has 15 heavy (non-hydrogen) atoms. The van der Waals surface area contributed by atoms with Gasteiger partial charge in [-0.05, 0) is 12.1 Å². The van der Waals surface area contributed by atoms with E-state index in [-0.39, 0.29) is 12.5 Å².